The molecule has 3 atom stereocenters. The Kier molecular flexibility index (Phi) is 6.34. The van der Waals surface area contributed by atoms with E-state index in [4.69, 9.17) is 4.74 Å². The third-order valence-electron chi connectivity index (χ3n) is 6.12. The van der Waals surface area contributed by atoms with Crippen molar-refractivity contribution in [1.82, 2.24) is 14.8 Å². The molecule has 0 spiro atoms. The quantitative estimate of drug-likeness (QED) is 0.682. The second-order valence-electron chi connectivity index (χ2n) is 8.09. The molecule has 30 heavy (non-hydrogen) atoms. The van der Waals surface area contributed by atoms with Crippen molar-refractivity contribution in [2.24, 2.45) is 5.92 Å². The Bertz CT molecular complexity index is 956. The third kappa shape index (κ3) is 4.34. The molecule has 2 aliphatic rings. The molecule has 2 aromatic heterocycles. The fourth-order valence-electron chi connectivity index (χ4n) is 4.78. The molecule has 4 heterocycles. The van der Waals surface area contributed by atoms with Crippen LogP contribution in [0.2, 0.25) is 0 Å². The van der Waals surface area contributed by atoms with Crippen molar-refractivity contribution in [2.45, 2.75) is 37.8 Å². The summed E-state index contributed by atoms with van der Waals surface area (Å²) in [6.45, 7) is 2.83. The van der Waals surface area contributed by atoms with Crippen LogP contribution < -0.4 is 10.9 Å². The highest BCUT2D eigenvalue weighted by Crippen LogP contribution is 2.41. The molecule has 7 nitrogen and oxygen atoms in total. The van der Waals surface area contributed by atoms with Gasteiger partial charge in [-0.15, -0.1) is 0 Å². The summed E-state index contributed by atoms with van der Waals surface area (Å²) in [6.07, 6.45) is 2.01. The average Bonchev–Trinajstić information content (AvgIpc) is 3.26. The normalized spacial score (nSPS) is 22.9. The third-order valence-corrected chi connectivity index (χ3v) is 6.85. The number of fused-ring (bicyclic) bond motifs is 4. The maximum absolute atomic E-state index is 13.2. The minimum absolute atomic E-state index is 0.0666. The van der Waals surface area contributed by atoms with E-state index in [0.717, 1.165) is 43.7 Å². The molecule has 0 aromatic carbocycles. The average molecular weight is 430 g/mol. The van der Waals surface area contributed by atoms with Gasteiger partial charge >= 0.3 is 5.97 Å². The summed E-state index contributed by atoms with van der Waals surface area (Å²) in [4.78, 5) is 39.7. The maximum Gasteiger partial charge on any atom is 0.305 e. The molecule has 1 fully saturated rings. The number of hydrogen-bond donors (Lipinski definition) is 1. The van der Waals surface area contributed by atoms with Gasteiger partial charge in [0.25, 0.3) is 5.56 Å². The van der Waals surface area contributed by atoms with Crippen molar-refractivity contribution in [3.05, 3.63) is 56.6 Å². The van der Waals surface area contributed by atoms with Crippen LogP contribution in [0.1, 0.15) is 42.5 Å². The van der Waals surface area contributed by atoms with Crippen LogP contribution in [0.3, 0.4) is 0 Å². The number of methoxy groups -OCH3 is 1. The standard InChI is InChI=1S/C22H27N3O4S/c1-29-20(27)6-3-8-24-12-16-10-17(13-24)21(25-18(16)4-2-5-19(25)26)22(28)23-11-15-7-9-30-14-15/h2,4-5,7,9,14,16-17,21H,3,6,8,10-13H2,1H3,(H,23,28)/t16-,17+,21-/m1/s1. The van der Waals surface area contributed by atoms with Gasteiger partial charge in [0.05, 0.1) is 7.11 Å². The molecule has 1 saturated heterocycles. The van der Waals surface area contributed by atoms with Gasteiger partial charge in [0.15, 0.2) is 0 Å². The van der Waals surface area contributed by atoms with Crippen LogP contribution in [-0.4, -0.2) is 48.1 Å². The van der Waals surface area contributed by atoms with E-state index in [1.807, 2.05) is 22.9 Å². The largest absolute Gasteiger partial charge is 0.469 e. The van der Waals surface area contributed by atoms with Crippen molar-refractivity contribution in [3.8, 4) is 0 Å². The molecule has 1 amide bonds. The summed E-state index contributed by atoms with van der Waals surface area (Å²) in [5, 5.41) is 7.04. The second-order valence-corrected chi connectivity index (χ2v) is 8.87. The van der Waals surface area contributed by atoms with Crippen LogP contribution in [-0.2, 0) is 20.9 Å². The number of carbonyl (C=O) groups excluding carboxylic acids is 2. The number of pyridine rings is 1. The summed E-state index contributed by atoms with van der Waals surface area (Å²) in [7, 11) is 1.40. The van der Waals surface area contributed by atoms with Gasteiger partial charge in [0, 0.05) is 49.7 Å². The number of piperidine rings is 1. The molecule has 1 N–H and O–H groups in total. The number of ether oxygens (including phenoxy) is 1. The Hall–Kier alpha value is -2.45. The SMILES string of the molecule is COC(=O)CCCN1C[C@H]2C[C@@H](C1)[C@H](C(=O)NCc1ccsc1)n1c2cccc1=O. The zero-order valence-corrected chi connectivity index (χ0v) is 17.9. The van der Waals surface area contributed by atoms with Gasteiger partial charge in [0.2, 0.25) is 5.91 Å². The Morgan fingerprint density at radius 3 is 2.90 bits per heavy atom. The molecule has 8 heteroatoms. The van der Waals surface area contributed by atoms with Crippen LogP contribution in [0.5, 0.6) is 0 Å². The lowest BCUT2D eigenvalue weighted by molar-refractivity contribution is -0.140. The summed E-state index contributed by atoms with van der Waals surface area (Å²) in [5.74, 6) is -0.0148. The lowest BCUT2D eigenvalue weighted by Crippen LogP contribution is -2.53. The Balaban J connectivity index is 1.53. The first kappa shape index (κ1) is 20.8. The predicted molar refractivity (Wildman–Crippen MR) is 114 cm³/mol. The van der Waals surface area contributed by atoms with Crippen molar-refractivity contribution in [3.63, 3.8) is 0 Å². The summed E-state index contributed by atoms with van der Waals surface area (Å²) < 4.78 is 6.45. The minimum Gasteiger partial charge on any atom is -0.469 e. The lowest BCUT2D eigenvalue weighted by atomic mass is 9.78. The molecule has 0 unspecified atom stereocenters. The number of nitrogens with one attached hydrogen (secondary N) is 1. The number of likely N-dealkylation sites (tertiary alicyclic amines) is 1. The summed E-state index contributed by atoms with van der Waals surface area (Å²) in [5.41, 5.74) is 1.89. The molecular weight excluding hydrogens is 402 g/mol. The van der Waals surface area contributed by atoms with E-state index in [9.17, 15) is 14.4 Å². The van der Waals surface area contributed by atoms with Crippen LogP contribution in [0.4, 0.5) is 0 Å². The lowest BCUT2D eigenvalue weighted by Gasteiger charge is -2.46. The summed E-state index contributed by atoms with van der Waals surface area (Å²) >= 11 is 1.60. The molecule has 0 saturated carbocycles. The number of hydrogen-bond acceptors (Lipinski definition) is 6. The van der Waals surface area contributed by atoms with Crippen molar-refractivity contribution in [1.29, 1.82) is 0 Å². The van der Waals surface area contributed by atoms with Gasteiger partial charge < -0.3 is 15.0 Å². The number of thiophene rings is 1. The van der Waals surface area contributed by atoms with E-state index in [0.29, 0.717) is 13.0 Å². The monoisotopic (exact) mass is 429 g/mol. The van der Waals surface area contributed by atoms with Crippen molar-refractivity contribution < 1.29 is 14.3 Å². The number of rotatable bonds is 7. The first-order valence-electron chi connectivity index (χ1n) is 10.4. The van der Waals surface area contributed by atoms with E-state index >= 15 is 0 Å². The van der Waals surface area contributed by atoms with Gasteiger partial charge in [-0.2, -0.15) is 11.3 Å². The highest BCUT2D eigenvalue weighted by Gasteiger charge is 2.43. The Morgan fingerprint density at radius 1 is 1.27 bits per heavy atom. The van der Waals surface area contributed by atoms with Crippen molar-refractivity contribution >= 4 is 23.2 Å². The number of nitrogens with zero attached hydrogens (tertiary/aromatic N) is 2. The van der Waals surface area contributed by atoms with E-state index < -0.39 is 6.04 Å². The Morgan fingerprint density at radius 2 is 2.13 bits per heavy atom. The molecule has 2 aromatic rings. The van der Waals surface area contributed by atoms with Gasteiger partial charge in [0.1, 0.15) is 6.04 Å². The van der Waals surface area contributed by atoms with Crippen LogP contribution in [0, 0.1) is 5.92 Å². The van der Waals surface area contributed by atoms with Gasteiger partial charge in [-0.1, -0.05) is 6.07 Å². The highest BCUT2D eigenvalue weighted by atomic mass is 32.1. The first-order valence-corrected chi connectivity index (χ1v) is 11.3. The zero-order valence-electron chi connectivity index (χ0n) is 17.1. The molecule has 160 valence electrons. The van der Waals surface area contributed by atoms with Crippen LogP contribution >= 0.6 is 11.3 Å². The number of amides is 1. The van der Waals surface area contributed by atoms with E-state index in [1.54, 1.807) is 22.0 Å². The van der Waals surface area contributed by atoms with Crippen LogP contribution in [0.15, 0.2) is 39.8 Å². The zero-order chi connectivity index (χ0) is 21.1. The molecule has 4 rings (SSSR count). The number of esters is 1. The molecular formula is C22H27N3O4S. The predicted octanol–water partition coefficient (Wildman–Crippen LogP) is 2.14. The van der Waals surface area contributed by atoms with E-state index in [2.05, 4.69) is 10.2 Å². The first-order chi connectivity index (χ1) is 14.6. The van der Waals surface area contributed by atoms with E-state index in [-0.39, 0.29) is 29.3 Å². The molecule has 0 radical (unpaired) electrons. The fourth-order valence-corrected chi connectivity index (χ4v) is 5.45. The maximum atomic E-state index is 13.2. The highest BCUT2D eigenvalue weighted by molar-refractivity contribution is 7.07. The number of carbonyl (C=O) groups is 2. The second kappa shape index (κ2) is 9.14. The molecule has 2 bridgehead atoms. The van der Waals surface area contributed by atoms with Gasteiger partial charge in [-0.05, 0) is 47.8 Å². The summed E-state index contributed by atoms with van der Waals surface area (Å²) in [6, 6.07) is 6.78. The Labute approximate surface area is 179 Å². The fraction of sp³-hybridized carbons (Fsp3) is 0.500. The van der Waals surface area contributed by atoms with Crippen LogP contribution in [0.25, 0.3) is 0 Å². The van der Waals surface area contributed by atoms with Gasteiger partial charge in [-0.25, -0.2) is 0 Å². The topological polar surface area (TPSA) is 80.6 Å². The molecule has 0 aliphatic carbocycles. The number of aromatic nitrogens is 1. The van der Waals surface area contributed by atoms with Crippen molar-refractivity contribution in [2.75, 3.05) is 26.7 Å². The van der Waals surface area contributed by atoms with Gasteiger partial charge in [-0.3, -0.25) is 19.0 Å². The molecule has 2 aliphatic heterocycles. The van der Waals surface area contributed by atoms with E-state index in [1.165, 1.54) is 13.2 Å². The minimum atomic E-state index is -0.507. The smallest absolute Gasteiger partial charge is 0.305 e.